The number of hydrogen-bond acceptors (Lipinski definition) is 7. The van der Waals surface area contributed by atoms with Gasteiger partial charge in [0, 0.05) is 17.6 Å². The van der Waals surface area contributed by atoms with Crippen LogP contribution in [-0.4, -0.2) is 42.5 Å². The number of nitro groups is 1. The molecule has 10 nitrogen and oxygen atoms in total. The predicted octanol–water partition coefficient (Wildman–Crippen LogP) is 2.55. The van der Waals surface area contributed by atoms with Crippen molar-refractivity contribution in [1.82, 2.24) is 0 Å². The number of anilines is 2. The highest BCUT2D eigenvalue weighted by Gasteiger charge is 2.25. The number of nitrogens with zero attached hydrogens (tertiary/aromatic N) is 2. The SMILES string of the molecule is O=C(COC(=O)CCN1C(=O)COc2ccccc21)Nc1ccc(Cl)cc1[N+](=O)[O-]. The summed E-state index contributed by atoms with van der Waals surface area (Å²) in [6.45, 7) is -0.705. The molecular weight excluding hydrogens is 418 g/mol. The van der Waals surface area contributed by atoms with Crippen LogP contribution in [-0.2, 0) is 19.1 Å². The molecule has 2 aromatic rings. The fourth-order valence-electron chi connectivity index (χ4n) is 2.77. The van der Waals surface area contributed by atoms with E-state index in [-0.39, 0.29) is 41.9 Å². The summed E-state index contributed by atoms with van der Waals surface area (Å²) in [6, 6.07) is 10.7. The Hall–Kier alpha value is -3.66. The molecule has 1 heterocycles. The zero-order valence-corrected chi connectivity index (χ0v) is 16.3. The van der Waals surface area contributed by atoms with Crippen LogP contribution in [0.5, 0.6) is 5.75 Å². The van der Waals surface area contributed by atoms with E-state index >= 15 is 0 Å². The van der Waals surface area contributed by atoms with Gasteiger partial charge in [0.1, 0.15) is 11.4 Å². The lowest BCUT2D eigenvalue weighted by Gasteiger charge is -2.28. The number of para-hydroxylation sites is 2. The first-order valence-corrected chi connectivity index (χ1v) is 9.14. The van der Waals surface area contributed by atoms with Crippen LogP contribution in [0.4, 0.5) is 17.1 Å². The molecular formula is C19H16ClN3O7. The van der Waals surface area contributed by atoms with Crippen molar-refractivity contribution in [2.45, 2.75) is 6.42 Å². The second kappa shape index (κ2) is 9.23. The van der Waals surface area contributed by atoms with Crippen LogP contribution in [0.25, 0.3) is 0 Å². The maximum Gasteiger partial charge on any atom is 0.308 e. The average molecular weight is 434 g/mol. The Balaban J connectivity index is 1.51. The van der Waals surface area contributed by atoms with E-state index in [0.29, 0.717) is 11.4 Å². The molecule has 1 aliphatic heterocycles. The van der Waals surface area contributed by atoms with Crippen LogP contribution >= 0.6 is 11.6 Å². The van der Waals surface area contributed by atoms with Crippen molar-refractivity contribution in [3.8, 4) is 5.75 Å². The number of halogens is 1. The van der Waals surface area contributed by atoms with Gasteiger partial charge < -0.3 is 19.7 Å². The highest BCUT2D eigenvalue weighted by atomic mass is 35.5. The van der Waals surface area contributed by atoms with Gasteiger partial charge in [-0.3, -0.25) is 24.5 Å². The summed E-state index contributed by atoms with van der Waals surface area (Å²) in [7, 11) is 0. The second-order valence-electron chi connectivity index (χ2n) is 6.18. The van der Waals surface area contributed by atoms with Crippen molar-refractivity contribution < 1.29 is 28.8 Å². The Labute approximate surface area is 175 Å². The van der Waals surface area contributed by atoms with Gasteiger partial charge in [-0.15, -0.1) is 0 Å². The Morgan fingerprint density at radius 1 is 1.27 bits per heavy atom. The maximum absolute atomic E-state index is 12.1. The van der Waals surface area contributed by atoms with Gasteiger partial charge in [-0.2, -0.15) is 0 Å². The highest BCUT2D eigenvalue weighted by molar-refractivity contribution is 6.31. The van der Waals surface area contributed by atoms with Gasteiger partial charge in [-0.05, 0) is 24.3 Å². The molecule has 156 valence electrons. The lowest BCUT2D eigenvalue weighted by molar-refractivity contribution is -0.383. The van der Waals surface area contributed by atoms with Crippen molar-refractivity contribution in [3.05, 3.63) is 57.6 Å². The van der Waals surface area contributed by atoms with E-state index in [0.717, 1.165) is 6.07 Å². The van der Waals surface area contributed by atoms with E-state index in [1.807, 2.05) is 0 Å². The standard InChI is InChI=1S/C19H16ClN3O7/c20-12-5-6-13(15(9-12)23(27)28)21-17(24)10-30-19(26)7-8-22-14-3-1-2-4-16(14)29-11-18(22)25/h1-6,9H,7-8,10-11H2,(H,21,24). The first-order chi connectivity index (χ1) is 14.3. The number of nitro benzene ring substituents is 1. The van der Waals surface area contributed by atoms with E-state index in [1.54, 1.807) is 24.3 Å². The molecule has 0 spiro atoms. The molecule has 1 aliphatic rings. The largest absolute Gasteiger partial charge is 0.482 e. The molecule has 0 saturated carbocycles. The third-order valence-electron chi connectivity index (χ3n) is 4.14. The summed E-state index contributed by atoms with van der Waals surface area (Å²) >= 11 is 5.72. The molecule has 0 aromatic heterocycles. The molecule has 2 amide bonds. The van der Waals surface area contributed by atoms with Crippen LogP contribution in [0.2, 0.25) is 5.02 Å². The van der Waals surface area contributed by atoms with Gasteiger partial charge in [0.2, 0.25) is 0 Å². The van der Waals surface area contributed by atoms with Crippen molar-refractivity contribution >= 4 is 46.4 Å². The molecule has 0 aliphatic carbocycles. The molecule has 0 unspecified atom stereocenters. The lowest BCUT2D eigenvalue weighted by atomic mass is 10.2. The number of amides is 2. The number of nitrogens with one attached hydrogen (secondary N) is 1. The number of carbonyl (C=O) groups excluding carboxylic acids is 3. The number of benzene rings is 2. The van der Waals surface area contributed by atoms with Gasteiger partial charge in [-0.1, -0.05) is 23.7 Å². The van der Waals surface area contributed by atoms with E-state index in [9.17, 15) is 24.5 Å². The molecule has 0 bridgehead atoms. The third-order valence-corrected chi connectivity index (χ3v) is 4.38. The van der Waals surface area contributed by atoms with E-state index in [2.05, 4.69) is 5.32 Å². The second-order valence-corrected chi connectivity index (χ2v) is 6.62. The fraction of sp³-hybridized carbons (Fsp3) is 0.211. The summed E-state index contributed by atoms with van der Waals surface area (Å²) in [6.07, 6.45) is -0.144. The number of rotatable bonds is 7. The fourth-order valence-corrected chi connectivity index (χ4v) is 2.93. The monoisotopic (exact) mass is 433 g/mol. The zero-order valence-electron chi connectivity index (χ0n) is 15.5. The van der Waals surface area contributed by atoms with E-state index in [4.69, 9.17) is 21.1 Å². The Kier molecular flexibility index (Phi) is 6.48. The molecule has 1 N–H and O–H groups in total. The van der Waals surface area contributed by atoms with Crippen LogP contribution in [0, 0.1) is 10.1 Å². The van der Waals surface area contributed by atoms with Gasteiger partial charge >= 0.3 is 5.97 Å². The normalized spacial score (nSPS) is 12.6. The van der Waals surface area contributed by atoms with Crippen molar-refractivity contribution in [3.63, 3.8) is 0 Å². The third kappa shape index (κ3) is 5.03. The van der Waals surface area contributed by atoms with Gasteiger partial charge in [0.15, 0.2) is 13.2 Å². The lowest BCUT2D eigenvalue weighted by Crippen LogP contribution is -2.40. The number of ether oxygens (including phenoxy) is 2. The van der Waals surface area contributed by atoms with E-state index < -0.39 is 23.4 Å². The Morgan fingerprint density at radius 3 is 2.80 bits per heavy atom. The minimum absolute atomic E-state index is 0.0579. The van der Waals surface area contributed by atoms with Crippen LogP contribution in [0.15, 0.2) is 42.5 Å². The molecule has 11 heteroatoms. The van der Waals surface area contributed by atoms with Crippen LogP contribution in [0.1, 0.15) is 6.42 Å². The minimum Gasteiger partial charge on any atom is -0.482 e. The van der Waals surface area contributed by atoms with Crippen LogP contribution < -0.4 is 15.0 Å². The highest BCUT2D eigenvalue weighted by Crippen LogP contribution is 2.31. The van der Waals surface area contributed by atoms with Crippen molar-refractivity contribution in [2.24, 2.45) is 0 Å². The zero-order chi connectivity index (χ0) is 21.7. The first kappa shape index (κ1) is 21.1. The van der Waals surface area contributed by atoms with Crippen LogP contribution in [0.3, 0.4) is 0 Å². The van der Waals surface area contributed by atoms with E-state index in [1.165, 1.54) is 17.0 Å². The molecule has 0 fully saturated rings. The predicted molar refractivity (Wildman–Crippen MR) is 107 cm³/mol. The smallest absolute Gasteiger partial charge is 0.308 e. The average Bonchev–Trinajstić information content (AvgIpc) is 2.72. The number of fused-ring (bicyclic) bond motifs is 1. The number of carbonyl (C=O) groups is 3. The maximum atomic E-state index is 12.1. The van der Waals surface area contributed by atoms with Gasteiger partial charge in [0.25, 0.3) is 17.5 Å². The topological polar surface area (TPSA) is 128 Å². The summed E-state index contributed by atoms with van der Waals surface area (Å²) in [5, 5.41) is 13.5. The summed E-state index contributed by atoms with van der Waals surface area (Å²) in [5.41, 5.74) is 0.0991. The quantitative estimate of drug-likeness (QED) is 0.403. The molecule has 30 heavy (non-hydrogen) atoms. The van der Waals surface area contributed by atoms with Gasteiger partial charge in [0.05, 0.1) is 17.0 Å². The van der Waals surface area contributed by atoms with Crippen molar-refractivity contribution in [2.75, 3.05) is 30.0 Å². The van der Waals surface area contributed by atoms with Crippen molar-refractivity contribution in [1.29, 1.82) is 0 Å². The molecule has 0 radical (unpaired) electrons. The minimum atomic E-state index is -0.749. The van der Waals surface area contributed by atoms with Gasteiger partial charge in [-0.25, -0.2) is 0 Å². The molecule has 0 saturated heterocycles. The number of esters is 1. The first-order valence-electron chi connectivity index (χ1n) is 8.77. The number of hydrogen-bond donors (Lipinski definition) is 1. The molecule has 0 atom stereocenters. The summed E-state index contributed by atoms with van der Waals surface area (Å²) in [5.74, 6) is -1.21. The Morgan fingerprint density at radius 2 is 2.03 bits per heavy atom. The summed E-state index contributed by atoms with van der Waals surface area (Å²) < 4.78 is 10.2. The summed E-state index contributed by atoms with van der Waals surface area (Å²) in [4.78, 5) is 47.8. The molecule has 2 aromatic carbocycles. The Bertz CT molecular complexity index is 1010. The molecule has 3 rings (SSSR count).